The number of halogens is 2. The number of carbonyl (C=O) groups is 1. The Bertz CT molecular complexity index is 510. The van der Waals surface area contributed by atoms with Gasteiger partial charge in [0, 0.05) is 36.9 Å². The highest BCUT2D eigenvalue weighted by Crippen LogP contribution is 2.23. The summed E-state index contributed by atoms with van der Waals surface area (Å²) in [5.41, 5.74) is 8.23. The van der Waals surface area contributed by atoms with Crippen LogP contribution in [0.4, 0.5) is 5.69 Å². The first-order chi connectivity index (χ1) is 9.15. The fraction of sp³-hybridized carbons (Fsp3) is 0.533. The Balaban J connectivity index is 0.00000110. The monoisotopic (exact) mass is 331 g/mol. The molecule has 0 aromatic heterocycles. The zero-order valence-corrected chi connectivity index (χ0v) is 13.9. The van der Waals surface area contributed by atoms with Crippen LogP contribution < -0.4 is 5.73 Å². The van der Waals surface area contributed by atoms with Gasteiger partial charge < -0.3 is 10.6 Å². The molecule has 2 fully saturated rings. The molecule has 4 nitrogen and oxygen atoms in total. The van der Waals surface area contributed by atoms with E-state index in [0.717, 1.165) is 30.8 Å². The molecule has 0 radical (unpaired) electrons. The molecule has 1 aromatic rings. The molecule has 21 heavy (non-hydrogen) atoms. The Hall–Kier alpha value is -0.970. The number of anilines is 1. The van der Waals surface area contributed by atoms with Crippen LogP contribution in [0.5, 0.6) is 0 Å². The summed E-state index contributed by atoms with van der Waals surface area (Å²) in [7, 11) is 0. The first-order valence-corrected chi connectivity index (χ1v) is 7.04. The highest BCUT2D eigenvalue weighted by molar-refractivity contribution is 5.96. The Morgan fingerprint density at radius 3 is 2.76 bits per heavy atom. The van der Waals surface area contributed by atoms with Crippen molar-refractivity contribution in [3.8, 4) is 0 Å². The van der Waals surface area contributed by atoms with Crippen molar-refractivity contribution in [3.05, 3.63) is 29.3 Å². The molecule has 0 saturated carbocycles. The Morgan fingerprint density at radius 2 is 2.00 bits per heavy atom. The molecule has 2 N–H and O–H groups in total. The summed E-state index contributed by atoms with van der Waals surface area (Å²) in [4.78, 5) is 17.1. The number of carbonyl (C=O) groups excluding carboxylic acids is 1. The van der Waals surface area contributed by atoms with Gasteiger partial charge in [-0.2, -0.15) is 0 Å². The molecular weight excluding hydrogens is 309 g/mol. The van der Waals surface area contributed by atoms with Crippen LogP contribution >= 0.6 is 24.8 Å². The average Bonchev–Trinajstić information content (AvgIpc) is 2.88. The van der Waals surface area contributed by atoms with Gasteiger partial charge in [0.2, 0.25) is 0 Å². The Morgan fingerprint density at radius 1 is 1.24 bits per heavy atom. The number of hydrogen-bond acceptors (Lipinski definition) is 3. The van der Waals surface area contributed by atoms with Crippen LogP contribution in [-0.2, 0) is 0 Å². The van der Waals surface area contributed by atoms with Gasteiger partial charge in [0.25, 0.3) is 5.91 Å². The molecule has 3 rings (SSSR count). The zero-order valence-electron chi connectivity index (χ0n) is 12.2. The Labute approximate surface area is 138 Å². The normalized spacial score (nSPS) is 21.2. The second-order valence-corrected chi connectivity index (χ2v) is 5.66. The van der Waals surface area contributed by atoms with E-state index in [2.05, 4.69) is 4.90 Å². The van der Waals surface area contributed by atoms with E-state index in [9.17, 15) is 4.79 Å². The van der Waals surface area contributed by atoms with E-state index in [-0.39, 0.29) is 30.7 Å². The average molecular weight is 332 g/mol. The molecule has 1 atom stereocenters. The molecule has 2 aliphatic rings. The number of nitrogens with zero attached hydrogens (tertiary/aromatic N) is 2. The Kier molecular flexibility index (Phi) is 6.32. The van der Waals surface area contributed by atoms with E-state index in [0.29, 0.717) is 11.7 Å². The lowest BCUT2D eigenvalue weighted by molar-refractivity contribution is 0.0570. The lowest BCUT2D eigenvalue weighted by Crippen LogP contribution is -2.52. The van der Waals surface area contributed by atoms with Gasteiger partial charge in [-0.3, -0.25) is 9.69 Å². The third-order valence-corrected chi connectivity index (χ3v) is 4.37. The van der Waals surface area contributed by atoms with Gasteiger partial charge in [-0.15, -0.1) is 24.8 Å². The van der Waals surface area contributed by atoms with Crippen LogP contribution in [0.3, 0.4) is 0 Å². The number of rotatable bonds is 1. The first-order valence-electron chi connectivity index (χ1n) is 7.04. The van der Waals surface area contributed by atoms with Gasteiger partial charge in [0.15, 0.2) is 0 Å². The summed E-state index contributed by atoms with van der Waals surface area (Å²) in [6, 6.07) is 6.15. The second-order valence-electron chi connectivity index (χ2n) is 5.66. The third kappa shape index (κ3) is 3.62. The van der Waals surface area contributed by atoms with Crippen molar-refractivity contribution in [1.82, 2.24) is 9.80 Å². The lowest BCUT2D eigenvalue weighted by atomic mass is 10.1. The summed E-state index contributed by atoms with van der Waals surface area (Å²) in [5, 5.41) is 0. The first kappa shape index (κ1) is 18.1. The molecule has 1 amide bonds. The number of piperazine rings is 1. The summed E-state index contributed by atoms with van der Waals surface area (Å²) in [5.74, 6) is 0.136. The molecule has 2 aliphatic heterocycles. The van der Waals surface area contributed by atoms with Gasteiger partial charge in [-0.05, 0) is 44.0 Å². The quantitative estimate of drug-likeness (QED) is 0.803. The van der Waals surface area contributed by atoms with Crippen molar-refractivity contribution in [3.63, 3.8) is 0 Å². The van der Waals surface area contributed by atoms with Crippen molar-refractivity contribution in [2.75, 3.05) is 31.9 Å². The van der Waals surface area contributed by atoms with Crippen LogP contribution in [0.1, 0.15) is 28.8 Å². The van der Waals surface area contributed by atoms with Crippen LogP contribution in [0.25, 0.3) is 0 Å². The standard InChI is InChI=1S/C15H21N3O.2ClH/c1-11-4-5-12(16)9-14(11)15(19)18-8-7-17-6-2-3-13(17)10-18;;/h4-5,9,13H,2-3,6-8,10,16H2,1H3;2*1H. The topological polar surface area (TPSA) is 49.6 Å². The number of fused-ring (bicyclic) bond motifs is 1. The zero-order chi connectivity index (χ0) is 13.4. The van der Waals surface area contributed by atoms with Gasteiger partial charge in [-0.25, -0.2) is 0 Å². The number of amides is 1. The number of benzene rings is 1. The van der Waals surface area contributed by atoms with Crippen molar-refractivity contribution < 1.29 is 4.79 Å². The molecule has 118 valence electrons. The minimum atomic E-state index is 0. The van der Waals surface area contributed by atoms with E-state index in [1.165, 1.54) is 19.4 Å². The molecule has 0 bridgehead atoms. The molecule has 1 aromatic carbocycles. The highest BCUT2D eigenvalue weighted by Gasteiger charge is 2.33. The molecule has 2 heterocycles. The fourth-order valence-electron chi connectivity index (χ4n) is 3.22. The number of aryl methyl sites for hydroxylation is 1. The summed E-state index contributed by atoms with van der Waals surface area (Å²) in [6.45, 7) is 5.89. The predicted octanol–water partition coefficient (Wildman–Crippen LogP) is 2.34. The van der Waals surface area contributed by atoms with Gasteiger partial charge in [0.05, 0.1) is 0 Å². The fourth-order valence-corrected chi connectivity index (χ4v) is 3.22. The van der Waals surface area contributed by atoms with Crippen LogP contribution in [0.15, 0.2) is 18.2 Å². The maximum Gasteiger partial charge on any atom is 0.254 e. The van der Waals surface area contributed by atoms with Gasteiger partial charge in [0.1, 0.15) is 0 Å². The van der Waals surface area contributed by atoms with Crippen molar-refractivity contribution in [2.45, 2.75) is 25.8 Å². The maximum atomic E-state index is 12.6. The molecule has 0 aliphatic carbocycles. The van der Waals surface area contributed by atoms with Gasteiger partial charge in [-0.1, -0.05) is 6.07 Å². The summed E-state index contributed by atoms with van der Waals surface area (Å²) in [6.07, 6.45) is 2.49. The third-order valence-electron chi connectivity index (χ3n) is 4.37. The molecule has 1 unspecified atom stereocenters. The van der Waals surface area contributed by atoms with Crippen LogP contribution in [-0.4, -0.2) is 47.9 Å². The predicted molar refractivity (Wildman–Crippen MR) is 90.6 cm³/mol. The number of nitrogen functional groups attached to an aromatic ring is 1. The smallest absolute Gasteiger partial charge is 0.254 e. The SMILES string of the molecule is Cc1ccc(N)cc1C(=O)N1CCN2CCCC2C1.Cl.Cl. The van der Waals surface area contributed by atoms with E-state index < -0.39 is 0 Å². The van der Waals surface area contributed by atoms with E-state index >= 15 is 0 Å². The minimum absolute atomic E-state index is 0. The molecular formula is C15H23Cl2N3O. The maximum absolute atomic E-state index is 12.6. The summed E-state index contributed by atoms with van der Waals surface area (Å²) >= 11 is 0. The van der Waals surface area contributed by atoms with Crippen molar-refractivity contribution >= 4 is 36.4 Å². The highest BCUT2D eigenvalue weighted by atomic mass is 35.5. The molecule has 6 heteroatoms. The minimum Gasteiger partial charge on any atom is -0.399 e. The lowest BCUT2D eigenvalue weighted by Gasteiger charge is -2.37. The largest absolute Gasteiger partial charge is 0.399 e. The molecule has 0 spiro atoms. The molecule has 2 saturated heterocycles. The van der Waals surface area contributed by atoms with Crippen molar-refractivity contribution in [1.29, 1.82) is 0 Å². The summed E-state index contributed by atoms with van der Waals surface area (Å²) < 4.78 is 0. The van der Waals surface area contributed by atoms with E-state index in [1.807, 2.05) is 24.0 Å². The van der Waals surface area contributed by atoms with Crippen molar-refractivity contribution in [2.24, 2.45) is 0 Å². The van der Waals surface area contributed by atoms with E-state index in [4.69, 9.17) is 5.73 Å². The van der Waals surface area contributed by atoms with Crippen LogP contribution in [0.2, 0.25) is 0 Å². The van der Waals surface area contributed by atoms with Crippen LogP contribution in [0, 0.1) is 6.92 Å². The van der Waals surface area contributed by atoms with E-state index in [1.54, 1.807) is 6.07 Å². The van der Waals surface area contributed by atoms with Gasteiger partial charge >= 0.3 is 0 Å². The number of hydrogen-bond donors (Lipinski definition) is 1. The number of nitrogens with two attached hydrogens (primary N) is 1. The second kappa shape index (κ2) is 7.34.